The van der Waals surface area contributed by atoms with Gasteiger partial charge in [0.05, 0.1) is 12.7 Å². The SMILES string of the molecule is CO[C@H]1CCOc2c(O)cccc21. The van der Waals surface area contributed by atoms with Crippen molar-refractivity contribution in [3.63, 3.8) is 0 Å². The van der Waals surface area contributed by atoms with Gasteiger partial charge < -0.3 is 14.6 Å². The topological polar surface area (TPSA) is 38.7 Å². The molecule has 1 atom stereocenters. The first kappa shape index (κ1) is 8.38. The van der Waals surface area contributed by atoms with Crippen LogP contribution >= 0.6 is 0 Å². The van der Waals surface area contributed by atoms with Gasteiger partial charge in [0.2, 0.25) is 0 Å². The zero-order chi connectivity index (χ0) is 9.26. The summed E-state index contributed by atoms with van der Waals surface area (Å²) in [4.78, 5) is 0. The highest BCUT2D eigenvalue weighted by atomic mass is 16.5. The number of fused-ring (bicyclic) bond motifs is 1. The Bertz CT molecular complexity index is 309. The molecule has 1 aliphatic heterocycles. The van der Waals surface area contributed by atoms with Gasteiger partial charge in [-0.15, -0.1) is 0 Å². The van der Waals surface area contributed by atoms with Gasteiger partial charge in [-0.25, -0.2) is 0 Å². The summed E-state index contributed by atoms with van der Waals surface area (Å²) in [6, 6.07) is 5.34. The molecule has 0 bridgehead atoms. The third kappa shape index (κ3) is 1.35. The van der Waals surface area contributed by atoms with E-state index in [1.807, 2.05) is 6.07 Å². The minimum Gasteiger partial charge on any atom is -0.504 e. The molecule has 13 heavy (non-hydrogen) atoms. The van der Waals surface area contributed by atoms with Crippen molar-refractivity contribution in [1.29, 1.82) is 0 Å². The molecule has 0 saturated carbocycles. The molecule has 1 aromatic rings. The lowest BCUT2D eigenvalue weighted by molar-refractivity contribution is 0.0623. The van der Waals surface area contributed by atoms with E-state index in [9.17, 15) is 5.11 Å². The average Bonchev–Trinajstić information content (AvgIpc) is 2.18. The Morgan fingerprint density at radius 3 is 3.15 bits per heavy atom. The van der Waals surface area contributed by atoms with Crippen LogP contribution in [0.1, 0.15) is 18.1 Å². The first-order chi connectivity index (χ1) is 6.33. The quantitative estimate of drug-likeness (QED) is 0.717. The van der Waals surface area contributed by atoms with E-state index in [0.29, 0.717) is 12.4 Å². The Morgan fingerprint density at radius 2 is 2.38 bits per heavy atom. The van der Waals surface area contributed by atoms with Crippen LogP contribution in [0.5, 0.6) is 11.5 Å². The maximum Gasteiger partial charge on any atom is 0.166 e. The highest BCUT2D eigenvalue weighted by molar-refractivity contribution is 5.47. The number of hydrogen-bond acceptors (Lipinski definition) is 3. The Balaban J connectivity index is 2.45. The second kappa shape index (κ2) is 3.26. The van der Waals surface area contributed by atoms with Crippen LogP contribution in [0, 0.1) is 0 Å². The Kier molecular flexibility index (Phi) is 2.10. The fourth-order valence-electron chi connectivity index (χ4n) is 1.62. The van der Waals surface area contributed by atoms with Gasteiger partial charge in [-0.3, -0.25) is 0 Å². The Labute approximate surface area is 76.9 Å². The van der Waals surface area contributed by atoms with Gasteiger partial charge in [0.15, 0.2) is 11.5 Å². The fraction of sp³-hybridized carbons (Fsp3) is 0.400. The molecule has 70 valence electrons. The molecule has 2 rings (SSSR count). The normalized spacial score (nSPS) is 20.5. The number of rotatable bonds is 1. The van der Waals surface area contributed by atoms with Crippen molar-refractivity contribution in [2.24, 2.45) is 0 Å². The number of aromatic hydroxyl groups is 1. The Morgan fingerprint density at radius 1 is 1.54 bits per heavy atom. The smallest absolute Gasteiger partial charge is 0.166 e. The summed E-state index contributed by atoms with van der Waals surface area (Å²) < 4.78 is 10.6. The van der Waals surface area contributed by atoms with E-state index in [1.54, 1.807) is 19.2 Å². The lowest BCUT2D eigenvalue weighted by Gasteiger charge is -2.25. The number of phenolic OH excluding ortho intramolecular Hbond substituents is 1. The largest absolute Gasteiger partial charge is 0.504 e. The highest BCUT2D eigenvalue weighted by Crippen LogP contribution is 2.39. The predicted octanol–water partition coefficient (Wildman–Crippen LogP) is 1.86. The van der Waals surface area contributed by atoms with Crippen LogP contribution < -0.4 is 4.74 Å². The fourth-order valence-corrected chi connectivity index (χ4v) is 1.62. The van der Waals surface area contributed by atoms with Crippen LogP contribution in [0.4, 0.5) is 0 Å². The molecule has 0 amide bonds. The first-order valence-electron chi connectivity index (χ1n) is 4.30. The number of para-hydroxylation sites is 1. The highest BCUT2D eigenvalue weighted by Gasteiger charge is 2.22. The van der Waals surface area contributed by atoms with E-state index in [0.717, 1.165) is 12.0 Å². The Hall–Kier alpha value is -1.22. The van der Waals surface area contributed by atoms with Crippen molar-refractivity contribution in [3.8, 4) is 11.5 Å². The van der Waals surface area contributed by atoms with Crippen LogP contribution in [0.3, 0.4) is 0 Å². The first-order valence-corrected chi connectivity index (χ1v) is 4.30. The lowest BCUT2D eigenvalue weighted by Crippen LogP contribution is -2.15. The number of benzene rings is 1. The van der Waals surface area contributed by atoms with E-state index in [2.05, 4.69) is 0 Å². The molecule has 3 nitrogen and oxygen atoms in total. The van der Waals surface area contributed by atoms with Crippen molar-refractivity contribution in [2.75, 3.05) is 13.7 Å². The third-order valence-electron chi connectivity index (χ3n) is 2.28. The van der Waals surface area contributed by atoms with E-state index in [1.165, 1.54) is 0 Å². The zero-order valence-corrected chi connectivity index (χ0v) is 7.49. The molecular weight excluding hydrogens is 168 g/mol. The van der Waals surface area contributed by atoms with Gasteiger partial charge in [0, 0.05) is 19.1 Å². The van der Waals surface area contributed by atoms with Crippen LogP contribution in [0.25, 0.3) is 0 Å². The van der Waals surface area contributed by atoms with Crippen LogP contribution in [-0.2, 0) is 4.74 Å². The summed E-state index contributed by atoms with van der Waals surface area (Å²) in [6.07, 6.45) is 0.892. The van der Waals surface area contributed by atoms with Crippen molar-refractivity contribution in [1.82, 2.24) is 0 Å². The molecule has 1 aliphatic rings. The molecule has 0 radical (unpaired) electrons. The molecule has 0 fully saturated rings. The van der Waals surface area contributed by atoms with Gasteiger partial charge in [-0.05, 0) is 6.07 Å². The molecular formula is C10H12O3. The van der Waals surface area contributed by atoms with Crippen molar-refractivity contribution in [2.45, 2.75) is 12.5 Å². The average molecular weight is 180 g/mol. The summed E-state index contributed by atoms with van der Waals surface area (Å²) in [6.45, 7) is 0.600. The molecule has 0 unspecified atom stereocenters. The monoisotopic (exact) mass is 180 g/mol. The van der Waals surface area contributed by atoms with Gasteiger partial charge >= 0.3 is 0 Å². The molecule has 1 heterocycles. The van der Waals surface area contributed by atoms with E-state index < -0.39 is 0 Å². The van der Waals surface area contributed by atoms with E-state index in [4.69, 9.17) is 9.47 Å². The van der Waals surface area contributed by atoms with Crippen molar-refractivity contribution in [3.05, 3.63) is 23.8 Å². The number of hydrogen-bond donors (Lipinski definition) is 1. The molecule has 0 aliphatic carbocycles. The van der Waals surface area contributed by atoms with E-state index >= 15 is 0 Å². The van der Waals surface area contributed by atoms with Gasteiger partial charge in [-0.2, -0.15) is 0 Å². The summed E-state index contributed by atoms with van der Waals surface area (Å²) in [5.74, 6) is 0.764. The molecule has 1 aromatic carbocycles. The van der Waals surface area contributed by atoms with Gasteiger partial charge in [0.25, 0.3) is 0 Å². The van der Waals surface area contributed by atoms with Crippen LogP contribution in [0.15, 0.2) is 18.2 Å². The van der Waals surface area contributed by atoms with Gasteiger partial charge in [-0.1, -0.05) is 12.1 Å². The zero-order valence-electron chi connectivity index (χ0n) is 7.49. The molecule has 0 saturated heterocycles. The molecule has 0 aromatic heterocycles. The minimum absolute atomic E-state index is 0.0517. The maximum absolute atomic E-state index is 9.49. The van der Waals surface area contributed by atoms with Crippen LogP contribution in [0.2, 0.25) is 0 Å². The minimum atomic E-state index is 0.0517. The number of phenols is 1. The number of methoxy groups -OCH3 is 1. The summed E-state index contributed by atoms with van der Waals surface area (Å²) >= 11 is 0. The van der Waals surface area contributed by atoms with Crippen molar-refractivity contribution >= 4 is 0 Å². The summed E-state index contributed by atoms with van der Waals surface area (Å²) in [5.41, 5.74) is 0.939. The summed E-state index contributed by atoms with van der Waals surface area (Å²) in [7, 11) is 1.67. The molecule has 1 N–H and O–H groups in total. The maximum atomic E-state index is 9.49. The van der Waals surface area contributed by atoms with Gasteiger partial charge in [0.1, 0.15) is 0 Å². The standard InChI is InChI=1S/C10H12O3/c1-12-9-5-6-13-10-7(9)3-2-4-8(10)11/h2-4,9,11H,5-6H2,1H3/t9-/m0/s1. The lowest BCUT2D eigenvalue weighted by atomic mass is 10.0. The second-order valence-electron chi connectivity index (χ2n) is 3.06. The predicted molar refractivity (Wildman–Crippen MR) is 48.0 cm³/mol. The van der Waals surface area contributed by atoms with E-state index in [-0.39, 0.29) is 11.9 Å². The van der Waals surface area contributed by atoms with Crippen LogP contribution in [-0.4, -0.2) is 18.8 Å². The number of ether oxygens (including phenoxy) is 2. The molecule has 0 spiro atoms. The third-order valence-corrected chi connectivity index (χ3v) is 2.28. The second-order valence-corrected chi connectivity index (χ2v) is 3.06. The van der Waals surface area contributed by atoms with Crippen molar-refractivity contribution < 1.29 is 14.6 Å². The summed E-state index contributed by atoms with van der Waals surface area (Å²) in [5, 5.41) is 9.49. The molecule has 3 heteroatoms.